The lowest BCUT2D eigenvalue weighted by molar-refractivity contribution is 0.0136. The van der Waals surface area contributed by atoms with Gasteiger partial charge in [0, 0.05) is 0 Å². The van der Waals surface area contributed by atoms with Crippen LogP contribution in [0.4, 0.5) is 0 Å². The molecule has 2 aliphatic rings. The lowest BCUT2D eigenvalue weighted by Gasteiger charge is -2.40. The van der Waals surface area contributed by atoms with Crippen LogP contribution < -0.4 is 4.74 Å². The second-order valence-corrected chi connectivity index (χ2v) is 5.63. The number of rotatable bonds is 1. The van der Waals surface area contributed by atoms with Gasteiger partial charge in [-0.15, -0.1) is 0 Å². The summed E-state index contributed by atoms with van der Waals surface area (Å²) in [5.74, 6) is 1.09. The Morgan fingerprint density at radius 1 is 1.22 bits per heavy atom. The number of Topliss-reactive ketones (excluding diaryl/α,β-unsaturated/α-hetero) is 1. The maximum absolute atomic E-state index is 12.3. The molecule has 1 saturated carbocycles. The predicted octanol–water partition coefficient (Wildman–Crippen LogP) is 3.92. The molecule has 1 aromatic carbocycles. The topological polar surface area (TPSA) is 26.3 Å². The fourth-order valence-corrected chi connectivity index (χ4v) is 3.23. The second-order valence-electron chi connectivity index (χ2n) is 5.63. The molecule has 1 aliphatic carbocycles. The molecule has 1 aromatic rings. The van der Waals surface area contributed by atoms with Crippen LogP contribution in [0, 0.1) is 0 Å². The quantitative estimate of drug-likeness (QED) is 0.748. The number of benzene rings is 1. The van der Waals surface area contributed by atoms with Gasteiger partial charge in [0.25, 0.3) is 0 Å². The van der Waals surface area contributed by atoms with Crippen molar-refractivity contribution in [2.45, 2.75) is 57.5 Å². The van der Waals surface area contributed by atoms with Gasteiger partial charge in [-0.05, 0) is 49.8 Å². The van der Waals surface area contributed by atoms with E-state index in [-0.39, 0.29) is 11.4 Å². The van der Waals surface area contributed by atoms with Crippen LogP contribution in [0.15, 0.2) is 18.2 Å². The van der Waals surface area contributed by atoms with Gasteiger partial charge in [0.1, 0.15) is 11.4 Å². The second kappa shape index (κ2) is 4.42. The minimum atomic E-state index is -0.186. The fourth-order valence-electron chi connectivity index (χ4n) is 3.23. The van der Waals surface area contributed by atoms with Crippen LogP contribution >= 0.6 is 0 Å². The van der Waals surface area contributed by atoms with E-state index in [1.54, 1.807) is 0 Å². The molecule has 0 unspecified atom stereocenters. The van der Waals surface area contributed by atoms with E-state index < -0.39 is 0 Å². The summed E-state index contributed by atoms with van der Waals surface area (Å²) in [7, 11) is 0. The van der Waals surface area contributed by atoms with E-state index in [1.807, 2.05) is 12.1 Å². The van der Waals surface area contributed by atoms with E-state index in [4.69, 9.17) is 4.74 Å². The van der Waals surface area contributed by atoms with Crippen LogP contribution in [0.3, 0.4) is 0 Å². The number of carbonyl (C=O) groups excluding carboxylic acids is 1. The van der Waals surface area contributed by atoms with Crippen LogP contribution in [0.2, 0.25) is 0 Å². The number of hydrogen-bond acceptors (Lipinski definition) is 2. The summed E-state index contributed by atoms with van der Waals surface area (Å²) in [6.45, 7) is 2.13. The Kier molecular flexibility index (Phi) is 2.89. The molecule has 1 fully saturated rings. The van der Waals surface area contributed by atoms with Gasteiger partial charge in [-0.25, -0.2) is 0 Å². The van der Waals surface area contributed by atoms with Gasteiger partial charge in [-0.2, -0.15) is 0 Å². The molecule has 3 rings (SSSR count). The molecule has 0 saturated heterocycles. The lowest BCUT2D eigenvalue weighted by atomic mass is 9.78. The SMILES string of the molecule is CCc1ccc2c(c1)OC1(CCCCC1)CC2=O. The van der Waals surface area contributed by atoms with Crippen molar-refractivity contribution in [1.29, 1.82) is 0 Å². The summed E-state index contributed by atoms with van der Waals surface area (Å²) >= 11 is 0. The molecule has 0 aromatic heterocycles. The molecule has 0 N–H and O–H groups in total. The van der Waals surface area contributed by atoms with Gasteiger partial charge in [-0.1, -0.05) is 19.4 Å². The normalized spacial score (nSPS) is 21.5. The Hall–Kier alpha value is -1.31. The van der Waals surface area contributed by atoms with E-state index in [1.165, 1.54) is 24.8 Å². The zero-order valence-corrected chi connectivity index (χ0v) is 11.0. The average molecular weight is 244 g/mol. The van der Waals surface area contributed by atoms with Crippen LogP contribution in [0.1, 0.15) is 61.4 Å². The Balaban J connectivity index is 1.96. The molecular weight excluding hydrogens is 224 g/mol. The molecule has 0 amide bonds. The Morgan fingerprint density at radius 2 is 2.00 bits per heavy atom. The zero-order chi connectivity index (χ0) is 12.6. The van der Waals surface area contributed by atoms with Crippen molar-refractivity contribution >= 4 is 5.78 Å². The smallest absolute Gasteiger partial charge is 0.170 e. The number of hydrogen-bond donors (Lipinski definition) is 0. The van der Waals surface area contributed by atoms with Crippen LogP contribution in [0.25, 0.3) is 0 Å². The molecule has 1 aliphatic heterocycles. The lowest BCUT2D eigenvalue weighted by Crippen LogP contribution is -2.43. The summed E-state index contributed by atoms with van der Waals surface area (Å²) in [5.41, 5.74) is 1.84. The molecule has 1 spiro atoms. The first-order chi connectivity index (χ1) is 8.72. The Bertz CT molecular complexity index is 470. The van der Waals surface area contributed by atoms with Crippen LogP contribution in [-0.4, -0.2) is 11.4 Å². The van der Waals surface area contributed by atoms with Crippen molar-refractivity contribution in [2.24, 2.45) is 0 Å². The van der Waals surface area contributed by atoms with Gasteiger partial charge in [0.15, 0.2) is 5.78 Å². The van der Waals surface area contributed by atoms with E-state index in [0.717, 1.165) is 30.6 Å². The molecule has 2 nitrogen and oxygen atoms in total. The molecule has 1 heterocycles. The molecule has 2 heteroatoms. The van der Waals surface area contributed by atoms with Gasteiger partial charge in [0.2, 0.25) is 0 Å². The highest BCUT2D eigenvalue weighted by molar-refractivity contribution is 6.00. The van der Waals surface area contributed by atoms with Crippen molar-refractivity contribution in [3.63, 3.8) is 0 Å². The van der Waals surface area contributed by atoms with E-state index >= 15 is 0 Å². The minimum Gasteiger partial charge on any atom is -0.486 e. The van der Waals surface area contributed by atoms with Crippen molar-refractivity contribution < 1.29 is 9.53 Å². The Morgan fingerprint density at radius 3 is 2.72 bits per heavy atom. The first-order valence-corrected chi connectivity index (χ1v) is 7.08. The Labute approximate surface area is 108 Å². The zero-order valence-electron chi connectivity index (χ0n) is 11.0. The van der Waals surface area contributed by atoms with Crippen molar-refractivity contribution in [1.82, 2.24) is 0 Å². The number of ether oxygens (including phenoxy) is 1. The third-order valence-corrected chi connectivity index (χ3v) is 4.33. The van der Waals surface area contributed by atoms with Gasteiger partial charge < -0.3 is 4.74 Å². The maximum atomic E-state index is 12.3. The predicted molar refractivity (Wildman–Crippen MR) is 71.2 cm³/mol. The first kappa shape index (κ1) is 11.8. The van der Waals surface area contributed by atoms with E-state index in [2.05, 4.69) is 13.0 Å². The number of carbonyl (C=O) groups is 1. The molecule has 0 radical (unpaired) electrons. The highest BCUT2D eigenvalue weighted by Gasteiger charge is 2.41. The highest BCUT2D eigenvalue weighted by Crippen LogP contribution is 2.42. The van der Waals surface area contributed by atoms with Gasteiger partial charge in [0.05, 0.1) is 12.0 Å². The summed E-state index contributed by atoms with van der Waals surface area (Å²) in [6, 6.07) is 6.04. The van der Waals surface area contributed by atoms with Crippen LogP contribution in [-0.2, 0) is 6.42 Å². The van der Waals surface area contributed by atoms with E-state index in [9.17, 15) is 4.79 Å². The average Bonchev–Trinajstić information content (AvgIpc) is 2.38. The third kappa shape index (κ3) is 1.94. The highest BCUT2D eigenvalue weighted by atomic mass is 16.5. The first-order valence-electron chi connectivity index (χ1n) is 7.08. The van der Waals surface area contributed by atoms with Crippen LogP contribution in [0.5, 0.6) is 5.75 Å². The van der Waals surface area contributed by atoms with Gasteiger partial charge >= 0.3 is 0 Å². The molecule has 96 valence electrons. The molecule has 0 atom stereocenters. The summed E-state index contributed by atoms with van der Waals surface area (Å²) in [4.78, 5) is 12.3. The summed E-state index contributed by atoms with van der Waals surface area (Å²) in [6.07, 6.45) is 7.29. The molecule has 0 bridgehead atoms. The fraction of sp³-hybridized carbons (Fsp3) is 0.562. The number of aryl methyl sites for hydroxylation is 1. The number of ketones is 1. The maximum Gasteiger partial charge on any atom is 0.170 e. The monoisotopic (exact) mass is 244 g/mol. The summed E-state index contributed by atoms with van der Waals surface area (Å²) < 4.78 is 6.25. The van der Waals surface area contributed by atoms with Gasteiger partial charge in [-0.3, -0.25) is 4.79 Å². The van der Waals surface area contributed by atoms with Crippen molar-refractivity contribution in [3.8, 4) is 5.75 Å². The van der Waals surface area contributed by atoms with Crippen molar-refractivity contribution in [2.75, 3.05) is 0 Å². The number of fused-ring (bicyclic) bond motifs is 1. The molecular formula is C16H20O2. The largest absolute Gasteiger partial charge is 0.486 e. The molecule has 18 heavy (non-hydrogen) atoms. The minimum absolute atomic E-state index is 0.186. The summed E-state index contributed by atoms with van der Waals surface area (Å²) in [5, 5.41) is 0. The van der Waals surface area contributed by atoms with E-state index in [0.29, 0.717) is 6.42 Å². The van der Waals surface area contributed by atoms with Crippen molar-refractivity contribution in [3.05, 3.63) is 29.3 Å². The standard InChI is InChI=1S/C16H20O2/c1-2-12-6-7-13-14(17)11-16(18-15(13)10-12)8-4-3-5-9-16/h6-7,10H,2-5,8-9,11H2,1H3. The third-order valence-electron chi connectivity index (χ3n) is 4.33.